The molecule has 0 saturated carbocycles. The lowest BCUT2D eigenvalue weighted by Crippen LogP contribution is -2.60. The first-order valence-electron chi connectivity index (χ1n) is 13.1. The Bertz CT molecular complexity index is 1310. The Kier molecular flexibility index (Phi) is 8.04. The van der Waals surface area contributed by atoms with Gasteiger partial charge in [-0.15, -0.1) is 0 Å². The van der Waals surface area contributed by atoms with Crippen LogP contribution in [0, 0.1) is 5.92 Å². The Morgan fingerprint density at radius 3 is 2.37 bits per heavy atom. The number of halogens is 2. The zero-order chi connectivity index (χ0) is 28.1. The number of anilines is 1. The number of hydrogen-bond donors (Lipinski definition) is 1. The largest absolute Gasteiger partial charge is 0.444 e. The molecule has 1 fully saturated rings. The lowest BCUT2D eigenvalue weighted by atomic mass is 9.88. The van der Waals surface area contributed by atoms with Crippen LogP contribution in [0.25, 0.3) is 11.0 Å². The third-order valence-corrected chi connectivity index (χ3v) is 7.87. The van der Waals surface area contributed by atoms with Crippen LogP contribution < -0.4 is 15.9 Å². The van der Waals surface area contributed by atoms with E-state index in [9.17, 15) is 9.59 Å². The van der Waals surface area contributed by atoms with Crippen molar-refractivity contribution >= 4 is 46.1 Å². The topological polar surface area (TPSA) is 92.6 Å². The number of carbonyl (C=O) groups excluding carboxylic acids is 1. The van der Waals surface area contributed by atoms with Gasteiger partial charge in [0.2, 0.25) is 0 Å². The second-order valence-electron chi connectivity index (χ2n) is 11.8. The van der Waals surface area contributed by atoms with Gasteiger partial charge in [-0.3, -0.25) is 9.47 Å². The molecule has 2 aliphatic rings. The molecule has 0 aliphatic carbocycles. The first-order chi connectivity index (χ1) is 17.7. The van der Waals surface area contributed by atoms with Gasteiger partial charge in [0.25, 0.3) is 0 Å². The minimum Gasteiger partial charge on any atom is -0.444 e. The molecule has 1 saturated heterocycles. The minimum absolute atomic E-state index is 0.0159. The lowest BCUT2D eigenvalue weighted by molar-refractivity contribution is 0.00562. The Morgan fingerprint density at radius 1 is 1.16 bits per heavy atom. The first kappa shape index (κ1) is 28.6. The molecule has 208 valence electrons. The molecule has 4 rings (SSSR count). The fourth-order valence-corrected chi connectivity index (χ4v) is 5.89. The van der Waals surface area contributed by atoms with Gasteiger partial charge in [0.05, 0.1) is 28.5 Å². The molecular formula is C27H38Cl2N6O3. The van der Waals surface area contributed by atoms with Crippen molar-refractivity contribution in [2.75, 3.05) is 24.5 Å². The number of nitrogens with zero attached hydrogens (tertiary/aromatic N) is 5. The highest BCUT2D eigenvalue weighted by molar-refractivity contribution is 6.41. The van der Waals surface area contributed by atoms with Gasteiger partial charge in [-0.1, -0.05) is 48.7 Å². The predicted molar refractivity (Wildman–Crippen MR) is 152 cm³/mol. The quantitative estimate of drug-likeness (QED) is 0.412. The van der Waals surface area contributed by atoms with Crippen LogP contribution in [0.5, 0.6) is 0 Å². The molecule has 0 radical (unpaired) electrons. The van der Waals surface area contributed by atoms with Crippen molar-refractivity contribution < 1.29 is 9.53 Å². The maximum absolute atomic E-state index is 13.8. The van der Waals surface area contributed by atoms with Crippen LogP contribution in [0.2, 0.25) is 10.2 Å². The zero-order valence-electron chi connectivity index (χ0n) is 23.4. The summed E-state index contributed by atoms with van der Waals surface area (Å²) >= 11 is 12.8. The number of aromatic nitrogens is 3. The summed E-state index contributed by atoms with van der Waals surface area (Å²) in [5, 5.41) is 4.59. The number of piperazine rings is 1. The van der Waals surface area contributed by atoms with Crippen LogP contribution in [-0.2, 0) is 4.74 Å². The van der Waals surface area contributed by atoms with Crippen molar-refractivity contribution in [1.82, 2.24) is 24.8 Å². The highest BCUT2D eigenvalue weighted by Crippen LogP contribution is 2.35. The van der Waals surface area contributed by atoms with Crippen molar-refractivity contribution in [3.8, 4) is 0 Å². The van der Waals surface area contributed by atoms with Gasteiger partial charge in [0.15, 0.2) is 0 Å². The molecule has 1 amide bonds. The van der Waals surface area contributed by atoms with E-state index >= 15 is 0 Å². The maximum atomic E-state index is 13.8. The highest BCUT2D eigenvalue weighted by Gasteiger charge is 2.38. The Hall–Kier alpha value is -2.36. The second-order valence-corrected chi connectivity index (χ2v) is 12.5. The predicted octanol–water partition coefficient (Wildman–Crippen LogP) is 5.05. The van der Waals surface area contributed by atoms with Gasteiger partial charge >= 0.3 is 11.8 Å². The molecule has 1 N–H and O–H groups in total. The van der Waals surface area contributed by atoms with Crippen LogP contribution in [0.3, 0.4) is 0 Å². The summed E-state index contributed by atoms with van der Waals surface area (Å²) in [7, 11) is 0. The summed E-state index contributed by atoms with van der Waals surface area (Å²) < 4.78 is 7.29. The summed E-state index contributed by atoms with van der Waals surface area (Å²) in [5.74, 6) is 0.747. The van der Waals surface area contributed by atoms with E-state index in [0.717, 1.165) is 12.1 Å². The number of rotatable bonds is 3. The average Bonchev–Trinajstić information content (AvgIpc) is 2.78. The molecule has 4 heterocycles. The van der Waals surface area contributed by atoms with Gasteiger partial charge in [0, 0.05) is 25.7 Å². The van der Waals surface area contributed by atoms with Gasteiger partial charge < -0.3 is 15.0 Å². The minimum atomic E-state index is -0.591. The first-order valence-corrected chi connectivity index (χ1v) is 13.9. The molecule has 11 heteroatoms. The van der Waals surface area contributed by atoms with Crippen LogP contribution in [-0.4, -0.2) is 68.9 Å². The van der Waals surface area contributed by atoms with Crippen molar-refractivity contribution in [2.24, 2.45) is 5.92 Å². The molecule has 0 spiro atoms. The fraction of sp³-hybridized carbons (Fsp3) is 0.630. The van der Waals surface area contributed by atoms with Crippen molar-refractivity contribution in [1.29, 1.82) is 0 Å². The van der Waals surface area contributed by atoms with E-state index in [1.807, 2.05) is 46.4 Å². The van der Waals surface area contributed by atoms with Crippen LogP contribution >= 0.6 is 23.2 Å². The van der Waals surface area contributed by atoms with Crippen LogP contribution in [0.1, 0.15) is 61.4 Å². The normalized spacial score (nSPS) is 24.7. The third-order valence-electron chi connectivity index (χ3n) is 7.19. The lowest BCUT2D eigenvalue weighted by Gasteiger charge is -2.45. The highest BCUT2D eigenvalue weighted by atomic mass is 35.5. The van der Waals surface area contributed by atoms with E-state index in [1.165, 1.54) is 0 Å². The molecular weight excluding hydrogens is 527 g/mol. The number of hydrogen-bond acceptors (Lipinski definition) is 7. The van der Waals surface area contributed by atoms with Gasteiger partial charge in [0.1, 0.15) is 22.2 Å². The molecule has 2 aromatic heterocycles. The van der Waals surface area contributed by atoms with Crippen molar-refractivity contribution in [2.45, 2.75) is 85.2 Å². The third kappa shape index (κ3) is 5.51. The molecule has 2 aliphatic heterocycles. The second kappa shape index (κ2) is 10.7. The summed E-state index contributed by atoms with van der Waals surface area (Å²) in [4.78, 5) is 39.7. The maximum Gasteiger partial charge on any atom is 0.410 e. The molecule has 4 atom stereocenters. The molecule has 38 heavy (non-hydrogen) atoms. The Morgan fingerprint density at radius 2 is 1.79 bits per heavy atom. The summed E-state index contributed by atoms with van der Waals surface area (Å²) in [5.41, 5.74) is 0.518. The summed E-state index contributed by atoms with van der Waals surface area (Å²) in [6.45, 7) is 17.4. The number of carbonyl (C=O) groups is 1. The molecule has 0 bridgehead atoms. The van der Waals surface area contributed by atoms with E-state index in [-0.39, 0.29) is 46.4 Å². The van der Waals surface area contributed by atoms with E-state index in [0.29, 0.717) is 29.9 Å². The Labute approximate surface area is 234 Å². The van der Waals surface area contributed by atoms with Crippen LogP contribution in [0.4, 0.5) is 10.6 Å². The average molecular weight is 566 g/mol. The van der Waals surface area contributed by atoms with E-state index in [4.69, 9.17) is 27.9 Å². The van der Waals surface area contributed by atoms with E-state index < -0.39 is 11.3 Å². The molecule has 0 aromatic carbocycles. The smallest absolute Gasteiger partial charge is 0.410 e. The summed E-state index contributed by atoms with van der Waals surface area (Å²) in [6.07, 6.45) is 1.74. The number of amides is 1. The van der Waals surface area contributed by atoms with Gasteiger partial charge in [-0.05, 0) is 53.5 Å². The number of nitrogens with one attached hydrogen (secondary N) is 1. The number of fused-ring (bicyclic) bond motifs is 1. The number of ether oxygens (including phenoxy) is 1. The SMILES string of the molecule is CC1=CCN[C@@H](C(C)C)C1n1c(=O)nc(N2C[C@@H](C)N(C(=O)OC(C)(C)C)[C@@H](C)C2)c2cc(Cl)c(Cl)nc21. The number of pyridine rings is 1. The Balaban J connectivity index is 1.81. The van der Waals surface area contributed by atoms with Crippen molar-refractivity contribution in [3.63, 3.8) is 0 Å². The molecule has 9 nitrogen and oxygen atoms in total. The van der Waals surface area contributed by atoms with Crippen LogP contribution in [0.15, 0.2) is 22.5 Å². The van der Waals surface area contributed by atoms with Gasteiger partial charge in [-0.25, -0.2) is 14.6 Å². The van der Waals surface area contributed by atoms with Crippen molar-refractivity contribution in [3.05, 3.63) is 38.4 Å². The van der Waals surface area contributed by atoms with Gasteiger partial charge in [-0.2, -0.15) is 4.98 Å². The standard InChI is InChI=1S/C27H38Cl2N6O3/c1-14(2)20-21(15(3)9-10-30-20)35-24-18(11-19(28)22(29)31-24)23(32-25(35)36)33-12-16(4)34(17(5)13-33)26(37)38-27(6,7)8/h9,11,14,16-17,20-21,30H,10,12-13H2,1-8H3/t16-,17+,20-,21?/m0/s1. The molecule has 1 unspecified atom stereocenters. The molecule has 2 aromatic rings. The monoisotopic (exact) mass is 564 g/mol. The summed E-state index contributed by atoms with van der Waals surface area (Å²) in [6, 6.07) is 1.12. The van der Waals surface area contributed by atoms with E-state index in [2.05, 4.69) is 35.2 Å². The zero-order valence-corrected chi connectivity index (χ0v) is 24.9. The fourth-order valence-electron chi connectivity index (χ4n) is 5.60. The van der Waals surface area contributed by atoms with E-state index in [1.54, 1.807) is 15.5 Å².